The van der Waals surface area contributed by atoms with Gasteiger partial charge in [0.05, 0.1) is 0 Å². The molecule has 1 aliphatic heterocycles. The van der Waals surface area contributed by atoms with Crippen molar-refractivity contribution in [3.05, 3.63) is 71.3 Å². The Kier molecular flexibility index (Phi) is 5.82. The highest BCUT2D eigenvalue weighted by molar-refractivity contribution is 6.31. The molecule has 0 unspecified atom stereocenters. The zero-order chi connectivity index (χ0) is 19.9. The number of nitrogens with one attached hydrogen (secondary N) is 1. The fourth-order valence-corrected chi connectivity index (χ4v) is 2.78. The van der Waals surface area contributed by atoms with E-state index >= 15 is 0 Å². The number of imide groups is 2. The normalized spacial score (nSPS) is 15.3. The van der Waals surface area contributed by atoms with Crippen LogP contribution in [0.4, 0.5) is 4.79 Å². The lowest BCUT2D eigenvalue weighted by Crippen LogP contribution is -2.54. The summed E-state index contributed by atoms with van der Waals surface area (Å²) in [5.41, 5.74) is 1.27. The number of hydrogen-bond donors (Lipinski definition) is 1. The Labute approximate surface area is 161 Å². The van der Waals surface area contributed by atoms with Crippen molar-refractivity contribution in [3.63, 3.8) is 0 Å². The minimum absolute atomic E-state index is 0.145. The number of ether oxygens (including phenoxy) is 1. The highest BCUT2D eigenvalue weighted by Crippen LogP contribution is 2.23. The van der Waals surface area contributed by atoms with Gasteiger partial charge in [0.15, 0.2) is 6.61 Å². The summed E-state index contributed by atoms with van der Waals surface area (Å²) in [6.45, 7) is -0.0199. The standard InChI is InChI=1S/C21H17N3O4/c22-11-13-28-18-9-5-4-8-16(18)14-17-19(25)23-21(27)24(20(17)26)12-10-15-6-2-1-3-7-15/h1-9,14H,10,12-13H2,(H,23,25,27)/b17-14-. The van der Waals surface area contributed by atoms with Crippen LogP contribution in [0.3, 0.4) is 0 Å². The summed E-state index contributed by atoms with van der Waals surface area (Å²) in [7, 11) is 0. The minimum Gasteiger partial charge on any atom is -0.478 e. The van der Waals surface area contributed by atoms with E-state index in [0.29, 0.717) is 17.7 Å². The van der Waals surface area contributed by atoms with Gasteiger partial charge in [0.2, 0.25) is 0 Å². The Balaban J connectivity index is 1.84. The smallest absolute Gasteiger partial charge is 0.331 e. The van der Waals surface area contributed by atoms with E-state index in [9.17, 15) is 14.4 Å². The summed E-state index contributed by atoms with van der Waals surface area (Å²) in [6, 6.07) is 17.3. The fraction of sp³-hybridized carbons (Fsp3) is 0.143. The largest absolute Gasteiger partial charge is 0.478 e. The third-order valence-corrected chi connectivity index (χ3v) is 4.16. The van der Waals surface area contributed by atoms with Gasteiger partial charge in [-0.3, -0.25) is 19.8 Å². The molecule has 0 atom stereocenters. The van der Waals surface area contributed by atoms with Gasteiger partial charge in [-0.15, -0.1) is 0 Å². The number of hydrogen-bond acceptors (Lipinski definition) is 5. The number of carbonyl (C=O) groups is 3. The summed E-state index contributed by atoms with van der Waals surface area (Å²) in [6.07, 6.45) is 1.84. The summed E-state index contributed by atoms with van der Waals surface area (Å²) in [5.74, 6) is -1.06. The lowest BCUT2D eigenvalue weighted by atomic mass is 10.1. The molecule has 0 saturated carbocycles. The van der Waals surface area contributed by atoms with Crippen molar-refractivity contribution in [3.8, 4) is 11.8 Å². The topological polar surface area (TPSA) is 99.5 Å². The van der Waals surface area contributed by atoms with Gasteiger partial charge in [-0.05, 0) is 24.1 Å². The van der Waals surface area contributed by atoms with Gasteiger partial charge in [0.25, 0.3) is 11.8 Å². The van der Waals surface area contributed by atoms with Crippen LogP contribution >= 0.6 is 0 Å². The molecule has 0 spiro atoms. The maximum Gasteiger partial charge on any atom is 0.331 e. The predicted molar refractivity (Wildman–Crippen MR) is 101 cm³/mol. The van der Waals surface area contributed by atoms with Gasteiger partial charge in [0.1, 0.15) is 17.4 Å². The first-order valence-electron chi connectivity index (χ1n) is 8.61. The van der Waals surface area contributed by atoms with E-state index in [1.807, 2.05) is 36.4 Å². The highest BCUT2D eigenvalue weighted by atomic mass is 16.5. The molecule has 2 aromatic carbocycles. The lowest BCUT2D eigenvalue weighted by Gasteiger charge is -2.26. The van der Waals surface area contributed by atoms with Crippen LogP contribution in [0.1, 0.15) is 11.1 Å². The van der Waals surface area contributed by atoms with E-state index in [0.717, 1.165) is 10.5 Å². The number of amides is 4. The number of nitrogens with zero attached hydrogens (tertiary/aromatic N) is 2. The van der Waals surface area contributed by atoms with Gasteiger partial charge in [-0.25, -0.2) is 4.79 Å². The third-order valence-electron chi connectivity index (χ3n) is 4.16. The van der Waals surface area contributed by atoms with Gasteiger partial charge in [-0.2, -0.15) is 5.26 Å². The van der Waals surface area contributed by atoms with Crippen molar-refractivity contribution in [2.75, 3.05) is 13.2 Å². The minimum atomic E-state index is -0.763. The fourth-order valence-electron chi connectivity index (χ4n) is 2.78. The Morgan fingerprint density at radius 1 is 1.04 bits per heavy atom. The molecule has 0 bridgehead atoms. The van der Waals surface area contributed by atoms with Crippen molar-refractivity contribution >= 4 is 23.9 Å². The second-order valence-corrected chi connectivity index (χ2v) is 5.99. The molecule has 0 aliphatic carbocycles. The first kappa shape index (κ1) is 18.9. The van der Waals surface area contributed by atoms with Crippen LogP contribution in [0.2, 0.25) is 0 Å². The molecule has 1 N–H and O–H groups in total. The molecule has 2 aromatic rings. The van der Waals surface area contributed by atoms with Crippen LogP contribution in [0.5, 0.6) is 5.75 Å². The summed E-state index contributed by atoms with van der Waals surface area (Å²) in [5, 5.41) is 10.9. The number of benzene rings is 2. The van der Waals surface area contributed by atoms with Gasteiger partial charge in [0, 0.05) is 12.1 Å². The molecule has 1 heterocycles. The number of rotatable bonds is 6. The van der Waals surface area contributed by atoms with E-state index in [4.69, 9.17) is 10.00 Å². The van der Waals surface area contributed by atoms with E-state index in [1.54, 1.807) is 24.3 Å². The Hall–Kier alpha value is -3.92. The van der Waals surface area contributed by atoms with Gasteiger partial charge in [-0.1, -0.05) is 48.5 Å². The number of para-hydroxylation sites is 1. The molecule has 7 heteroatoms. The van der Waals surface area contributed by atoms with E-state index in [-0.39, 0.29) is 18.7 Å². The Morgan fingerprint density at radius 3 is 2.50 bits per heavy atom. The average molecular weight is 375 g/mol. The van der Waals surface area contributed by atoms with Crippen LogP contribution in [-0.2, 0) is 16.0 Å². The number of urea groups is 1. The average Bonchev–Trinajstić information content (AvgIpc) is 2.71. The van der Waals surface area contributed by atoms with E-state index in [1.165, 1.54) is 6.08 Å². The molecule has 1 fully saturated rings. The number of carbonyl (C=O) groups excluding carboxylic acids is 3. The van der Waals surface area contributed by atoms with Crippen molar-refractivity contribution in [2.45, 2.75) is 6.42 Å². The van der Waals surface area contributed by atoms with Crippen molar-refractivity contribution in [1.82, 2.24) is 10.2 Å². The maximum atomic E-state index is 12.8. The molecule has 1 aliphatic rings. The Morgan fingerprint density at radius 2 is 1.75 bits per heavy atom. The summed E-state index contributed by atoms with van der Waals surface area (Å²) in [4.78, 5) is 38.1. The molecule has 7 nitrogen and oxygen atoms in total. The van der Waals surface area contributed by atoms with Gasteiger partial charge >= 0.3 is 6.03 Å². The van der Waals surface area contributed by atoms with Crippen LogP contribution in [-0.4, -0.2) is 35.9 Å². The molecule has 4 amide bonds. The van der Waals surface area contributed by atoms with Crippen molar-refractivity contribution < 1.29 is 19.1 Å². The quantitative estimate of drug-likeness (QED) is 0.617. The second-order valence-electron chi connectivity index (χ2n) is 5.99. The lowest BCUT2D eigenvalue weighted by molar-refractivity contribution is -0.130. The van der Waals surface area contributed by atoms with Crippen LogP contribution in [0, 0.1) is 11.3 Å². The molecule has 0 aromatic heterocycles. The Bertz CT molecular complexity index is 977. The van der Waals surface area contributed by atoms with E-state index in [2.05, 4.69) is 5.32 Å². The first-order valence-corrected chi connectivity index (χ1v) is 8.61. The molecule has 1 saturated heterocycles. The van der Waals surface area contributed by atoms with E-state index < -0.39 is 17.8 Å². The molecule has 140 valence electrons. The number of nitriles is 1. The maximum absolute atomic E-state index is 12.8. The summed E-state index contributed by atoms with van der Waals surface area (Å²) < 4.78 is 5.32. The van der Waals surface area contributed by atoms with Gasteiger partial charge < -0.3 is 4.74 Å². The monoisotopic (exact) mass is 375 g/mol. The molecule has 3 rings (SSSR count). The predicted octanol–water partition coefficient (Wildman–Crippen LogP) is 2.29. The van der Waals surface area contributed by atoms with Crippen LogP contribution < -0.4 is 10.1 Å². The summed E-state index contributed by atoms with van der Waals surface area (Å²) >= 11 is 0. The molecular formula is C21H17N3O4. The zero-order valence-electron chi connectivity index (χ0n) is 14.9. The zero-order valence-corrected chi connectivity index (χ0v) is 14.9. The molecular weight excluding hydrogens is 358 g/mol. The van der Waals surface area contributed by atoms with Crippen LogP contribution in [0.15, 0.2) is 60.2 Å². The number of barbiturate groups is 1. The third kappa shape index (κ3) is 4.24. The highest BCUT2D eigenvalue weighted by Gasteiger charge is 2.35. The first-order chi connectivity index (χ1) is 13.6. The second kappa shape index (κ2) is 8.64. The van der Waals surface area contributed by atoms with Crippen LogP contribution in [0.25, 0.3) is 6.08 Å². The van der Waals surface area contributed by atoms with Crippen molar-refractivity contribution in [2.24, 2.45) is 0 Å². The molecule has 28 heavy (non-hydrogen) atoms. The van der Waals surface area contributed by atoms with Crippen molar-refractivity contribution in [1.29, 1.82) is 5.26 Å². The SMILES string of the molecule is N#CCOc1ccccc1/C=C1/C(=O)NC(=O)N(CCc2ccccc2)C1=O. The molecule has 0 radical (unpaired) electrons.